The summed E-state index contributed by atoms with van der Waals surface area (Å²) < 4.78 is 5.42. The van der Waals surface area contributed by atoms with Crippen molar-refractivity contribution < 1.29 is 14.6 Å². The number of likely N-dealkylation sites (tertiary alicyclic amines) is 1. The molecule has 3 heterocycles. The molecule has 138 valence electrons. The van der Waals surface area contributed by atoms with E-state index >= 15 is 0 Å². The number of nitrogens with one attached hydrogen (secondary N) is 1. The second-order valence-corrected chi connectivity index (χ2v) is 7.35. The average molecular weight is 349 g/mol. The number of hydrogen-bond donors (Lipinski definition) is 2. The van der Waals surface area contributed by atoms with E-state index in [0.717, 1.165) is 19.5 Å². The predicted molar refractivity (Wildman–Crippen MR) is 95.3 cm³/mol. The Morgan fingerprint density at radius 2 is 2.08 bits per heavy atom. The Morgan fingerprint density at radius 1 is 1.36 bits per heavy atom. The number of aliphatic carboxylic acids is 1. The minimum Gasteiger partial charge on any atom is -0.481 e. The summed E-state index contributed by atoms with van der Waals surface area (Å²) in [7, 11) is 2.10. The highest BCUT2D eigenvalue weighted by molar-refractivity contribution is 5.82. The Balaban J connectivity index is 1.91. The molecular weight excluding hydrogens is 322 g/mol. The van der Waals surface area contributed by atoms with Crippen molar-refractivity contribution in [2.75, 3.05) is 56.7 Å². The SMILES string of the molecule is CN1CCC(Nc2ncc(C(C)(C)C(=O)O)c(N3CCOCC3)n2)C1. The molecule has 0 radical (unpaired) electrons. The highest BCUT2D eigenvalue weighted by Crippen LogP contribution is 2.32. The molecular formula is C17H27N5O3. The maximum atomic E-state index is 11.7. The Labute approximate surface area is 148 Å². The third kappa shape index (κ3) is 3.85. The van der Waals surface area contributed by atoms with Gasteiger partial charge >= 0.3 is 5.97 Å². The van der Waals surface area contributed by atoms with Crippen molar-refractivity contribution in [2.45, 2.75) is 31.7 Å². The van der Waals surface area contributed by atoms with E-state index in [1.165, 1.54) is 0 Å². The van der Waals surface area contributed by atoms with Crippen molar-refractivity contribution in [1.82, 2.24) is 14.9 Å². The van der Waals surface area contributed by atoms with Crippen molar-refractivity contribution in [3.63, 3.8) is 0 Å². The van der Waals surface area contributed by atoms with E-state index in [9.17, 15) is 9.90 Å². The molecule has 2 fully saturated rings. The summed E-state index contributed by atoms with van der Waals surface area (Å²) in [5.41, 5.74) is -0.421. The van der Waals surface area contributed by atoms with Gasteiger partial charge < -0.3 is 25.0 Å². The maximum Gasteiger partial charge on any atom is 0.313 e. The zero-order valence-corrected chi connectivity index (χ0v) is 15.2. The molecule has 1 aromatic rings. The summed E-state index contributed by atoms with van der Waals surface area (Å²) in [6.07, 6.45) is 2.71. The monoisotopic (exact) mass is 349 g/mol. The lowest BCUT2D eigenvalue weighted by molar-refractivity contribution is -0.142. The lowest BCUT2D eigenvalue weighted by Crippen LogP contribution is -2.40. The van der Waals surface area contributed by atoms with Crippen LogP contribution in [0.25, 0.3) is 0 Å². The van der Waals surface area contributed by atoms with Crippen LogP contribution >= 0.6 is 0 Å². The van der Waals surface area contributed by atoms with Crippen LogP contribution in [0.15, 0.2) is 6.20 Å². The van der Waals surface area contributed by atoms with Crippen molar-refractivity contribution >= 4 is 17.7 Å². The second-order valence-electron chi connectivity index (χ2n) is 7.35. The van der Waals surface area contributed by atoms with Gasteiger partial charge in [0, 0.05) is 37.4 Å². The van der Waals surface area contributed by atoms with Gasteiger partial charge in [-0.05, 0) is 33.9 Å². The number of carboxylic acids is 1. The van der Waals surface area contributed by atoms with Crippen LogP contribution in [-0.2, 0) is 14.9 Å². The third-order valence-electron chi connectivity index (χ3n) is 5.01. The number of anilines is 2. The Bertz CT molecular complexity index is 631. The van der Waals surface area contributed by atoms with Crippen molar-refractivity contribution in [2.24, 2.45) is 0 Å². The van der Waals surface area contributed by atoms with Gasteiger partial charge in [-0.25, -0.2) is 4.98 Å². The van der Waals surface area contributed by atoms with Gasteiger partial charge in [-0.1, -0.05) is 0 Å². The van der Waals surface area contributed by atoms with Gasteiger partial charge in [0.05, 0.1) is 18.6 Å². The lowest BCUT2D eigenvalue weighted by Gasteiger charge is -2.32. The molecule has 0 aliphatic carbocycles. The summed E-state index contributed by atoms with van der Waals surface area (Å²) in [6.45, 7) is 8.03. The summed E-state index contributed by atoms with van der Waals surface area (Å²) in [4.78, 5) is 25.2. The van der Waals surface area contributed by atoms with Crippen LogP contribution in [0.1, 0.15) is 25.8 Å². The Hall–Kier alpha value is -1.93. The molecule has 2 aliphatic rings. The number of nitrogens with zero attached hydrogens (tertiary/aromatic N) is 4. The smallest absolute Gasteiger partial charge is 0.313 e. The van der Waals surface area contributed by atoms with Gasteiger partial charge in [-0.15, -0.1) is 0 Å². The van der Waals surface area contributed by atoms with Gasteiger partial charge in [0.25, 0.3) is 0 Å². The zero-order chi connectivity index (χ0) is 18.0. The molecule has 2 saturated heterocycles. The molecule has 0 bridgehead atoms. The summed E-state index contributed by atoms with van der Waals surface area (Å²) in [6, 6.07) is 0.320. The summed E-state index contributed by atoms with van der Waals surface area (Å²) in [5, 5.41) is 13.0. The Kier molecular flexibility index (Phi) is 5.10. The number of likely N-dealkylation sites (N-methyl/N-ethyl adjacent to an activating group) is 1. The number of hydrogen-bond acceptors (Lipinski definition) is 7. The van der Waals surface area contributed by atoms with Crippen LogP contribution in [-0.4, -0.2) is 78.4 Å². The van der Waals surface area contributed by atoms with Crippen molar-refractivity contribution in [3.05, 3.63) is 11.8 Å². The van der Waals surface area contributed by atoms with Gasteiger partial charge in [-0.3, -0.25) is 4.79 Å². The average Bonchev–Trinajstić information content (AvgIpc) is 3.00. The van der Waals surface area contributed by atoms with E-state index in [2.05, 4.69) is 27.1 Å². The standard InChI is InChI=1S/C17H27N5O3/c1-17(2,15(23)24)13-10-18-16(19-12-4-5-21(3)11-12)20-14(13)22-6-8-25-9-7-22/h10,12H,4-9,11H2,1-3H3,(H,23,24)(H,18,19,20). The lowest BCUT2D eigenvalue weighted by atomic mass is 9.85. The largest absolute Gasteiger partial charge is 0.481 e. The van der Waals surface area contributed by atoms with Crippen LogP contribution < -0.4 is 10.2 Å². The molecule has 1 atom stereocenters. The van der Waals surface area contributed by atoms with Crippen LogP contribution in [0.4, 0.5) is 11.8 Å². The normalized spacial score (nSPS) is 22.2. The van der Waals surface area contributed by atoms with Crippen LogP contribution in [0.2, 0.25) is 0 Å². The molecule has 8 nitrogen and oxygen atoms in total. The van der Waals surface area contributed by atoms with Gasteiger partial charge in [0.15, 0.2) is 0 Å². The highest BCUT2D eigenvalue weighted by atomic mass is 16.5. The minimum atomic E-state index is -1.06. The highest BCUT2D eigenvalue weighted by Gasteiger charge is 2.35. The summed E-state index contributed by atoms with van der Waals surface area (Å²) >= 11 is 0. The topological polar surface area (TPSA) is 90.8 Å². The number of morpholine rings is 1. The fraction of sp³-hybridized carbons (Fsp3) is 0.706. The first kappa shape index (κ1) is 17.9. The molecule has 0 aromatic carbocycles. The van der Waals surface area contributed by atoms with Gasteiger partial charge in [0.2, 0.25) is 5.95 Å². The van der Waals surface area contributed by atoms with E-state index < -0.39 is 11.4 Å². The first-order valence-electron chi connectivity index (χ1n) is 8.76. The molecule has 2 aliphatic heterocycles. The maximum absolute atomic E-state index is 11.7. The fourth-order valence-corrected chi connectivity index (χ4v) is 3.25. The van der Waals surface area contributed by atoms with Crippen molar-refractivity contribution in [1.29, 1.82) is 0 Å². The fourth-order valence-electron chi connectivity index (χ4n) is 3.25. The number of ether oxygens (including phenoxy) is 1. The first-order chi connectivity index (χ1) is 11.9. The number of carbonyl (C=O) groups is 1. The number of rotatable bonds is 5. The van der Waals surface area contributed by atoms with Gasteiger partial charge in [0.1, 0.15) is 5.82 Å². The molecule has 25 heavy (non-hydrogen) atoms. The molecule has 2 N–H and O–H groups in total. The van der Waals surface area contributed by atoms with Crippen LogP contribution in [0.3, 0.4) is 0 Å². The predicted octanol–water partition coefficient (Wildman–Crippen LogP) is 0.791. The van der Waals surface area contributed by atoms with E-state index in [1.54, 1.807) is 20.0 Å². The van der Waals surface area contributed by atoms with Crippen molar-refractivity contribution in [3.8, 4) is 0 Å². The molecule has 0 amide bonds. The summed E-state index contributed by atoms with van der Waals surface area (Å²) in [5.74, 6) is 0.370. The first-order valence-corrected chi connectivity index (χ1v) is 8.76. The second kappa shape index (κ2) is 7.13. The van der Waals surface area contributed by atoms with E-state index in [0.29, 0.717) is 49.7 Å². The number of carboxylic acid groups (broad SMARTS) is 1. The third-order valence-corrected chi connectivity index (χ3v) is 5.01. The quantitative estimate of drug-likeness (QED) is 0.806. The molecule has 0 spiro atoms. The molecule has 1 unspecified atom stereocenters. The van der Waals surface area contributed by atoms with E-state index in [4.69, 9.17) is 9.72 Å². The Morgan fingerprint density at radius 3 is 2.68 bits per heavy atom. The van der Waals surface area contributed by atoms with E-state index in [1.807, 2.05) is 0 Å². The molecule has 1 aromatic heterocycles. The minimum absolute atomic E-state index is 0.320. The molecule has 8 heteroatoms. The zero-order valence-electron chi connectivity index (χ0n) is 15.2. The van der Waals surface area contributed by atoms with Crippen LogP contribution in [0.5, 0.6) is 0 Å². The number of aromatic nitrogens is 2. The van der Waals surface area contributed by atoms with Gasteiger partial charge in [-0.2, -0.15) is 4.98 Å². The van der Waals surface area contributed by atoms with E-state index in [-0.39, 0.29) is 0 Å². The van der Waals surface area contributed by atoms with Crippen LogP contribution in [0, 0.1) is 0 Å². The molecule has 0 saturated carbocycles. The molecule has 3 rings (SSSR count).